The molecule has 0 saturated heterocycles. The molecule has 0 spiro atoms. The van der Waals surface area contributed by atoms with E-state index in [-0.39, 0.29) is 6.04 Å². The second-order valence-electron chi connectivity index (χ2n) is 4.61. The molecule has 0 aliphatic heterocycles. The van der Waals surface area contributed by atoms with Crippen molar-refractivity contribution in [3.8, 4) is 0 Å². The molecule has 0 radical (unpaired) electrons. The summed E-state index contributed by atoms with van der Waals surface area (Å²) in [4.78, 5) is 4.30. The number of aromatic nitrogens is 1. The number of pyridine rings is 1. The number of hydrogen-bond donors (Lipinski definition) is 1. The third-order valence-electron chi connectivity index (χ3n) is 3.06. The lowest BCUT2D eigenvalue weighted by atomic mass is 10.1. The van der Waals surface area contributed by atoms with E-state index in [1.54, 1.807) is 7.11 Å². The van der Waals surface area contributed by atoms with Gasteiger partial charge in [0.1, 0.15) is 0 Å². The second-order valence-corrected chi connectivity index (χ2v) is 4.61. The molecule has 1 unspecified atom stereocenters. The Kier molecular flexibility index (Phi) is 5.07. The summed E-state index contributed by atoms with van der Waals surface area (Å²) in [5, 5.41) is 3.51. The topological polar surface area (TPSA) is 34.1 Å². The number of methoxy groups -OCH3 is 1. The first-order valence-electron chi connectivity index (χ1n) is 6.48. The van der Waals surface area contributed by atoms with Crippen molar-refractivity contribution in [1.82, 2.24) is 10.3 Å². The Bertz CT molecular complexity index is 482. The molecule has 0 fully saturated rings. The molecule has 2 aromatic rings. The van der Waals surface area contributed by atoms with E-state index in [9.17, 15) is 0 Å². The highest BCUT2D eigenvalue weighted by molar-refractivity contribution is 5.20. The smallest absolute Gasteiger partial charge is 0.0657 e. The molecule has 0 bridgehead atoms. The standard InChI is InChI=1S/C16H20N2O/c1-13-8-9-14(10-17-13)11-18-16(12-19-2)15-6-4-3-5-7-15/h3-10,16,18H,11-12H2,1-2H3. The molecule has 0 amide bonds. The molecule has 0 aliphatic rings. The molecular formula is C16H20N2O. The summed E-state index contributed by atoms with van der Waals surface area (Å²) < 4.78 is 5.29. The van der Waals surface area contributed by atoms with E-state index in [2.05, 4.69) is 28.5 Å². The van der Waals surface area contributed by atoms with Gasteiger partial charge in [0, 0.05) is 25.5 Å². The highest BCUT2D eigenvalue weighted by atomic mass is 16.5. The van der Waals surface area contributed by atoms with Crippen LogP contribution in [0.15, 0.2) is 48.7 Å². The van der Waals surface area contributed by atoms with Crippen LogP contribution in [0.25, 0.3) is 0 Å². The van der Waals surface area contributed by atoms with Crippen LogP contribution in [0, 0.1) is 6.92 Å². The minimum atomic E-state index is 0.201. The van der Waals surface area contributed by atoms with Crippen molar-refractivity contribution >= 4 is 0 Å². The van der Waals surface area contributed by atoms with E-state index in [1.807, 2.05) is 37.4 Å². The zero-order valence-corrected chi connectivity index (χ0v) is 11.5. The Hall–Kier alpha value is -1.71. The first-order valence-corrected chi connectivity index (χ1v) is 6.48. The summed E-state index contributed by atoms with van der Waals surface area (Å²) in [5.41, 5.74) is 3.47. The minimum Gasteiger partial charge on any atom is -0.383 e. The van der Waals surface area contributed by atoms with Crippen LogP contribution >= 0.6 is 0 Å². The molecule has 1 aromatic heterocycles. The average Bonchev–Trinajstić information content (AvgIpc) is 2.46. The molecule has 1 N–H and O–H groups in total. The number of benzene rings is 1. The zero-order valence-electron chi connectivity index (χ0n) is 11.5. The molecule has 1 atom stereocenters. The van der Waals surface area contributed by atoms with E-state index >= 15 is 0 Å². The lowest BCUT2D eigenvalue weighted by Gasteiger charge is -2.18. The predicted molar refractivity (Wildman–Crippen MR) is 76.9 cm³/mol. The van der Waals surface area contributed by atoms with Crippen LogP contribution in [0.4, 0.5) is 0 Å². The first-order chi connectivity index (χ1) is 9.29. The van der Waals surface area contributed by atoms with Gasteiger partial charge in [-0.05, 0) is 24.1 Å². The molecule has 1 aromatic carbocycles. The van der Waals surface area contributed by atoms with E-state index in [1.165, 1.54) is 11.1 Å². The second kappa shape index (κ2) is 7.02. The van der Waals surface area contributed by atoms with E-state index < -0.39 is 0 Å². The number of hydrogen-bond acceptors (Lipinski definition) is 3. The number of rotatable bonds is 6. The van der Waals surface area contributed by atoms with Gasteiger partial charge in [-0.1, -0.05) is 36.4 Å². The molecule has 100 valence electrons. The first kappa shape index (κ1) is 13.7. The molecule has 1 heterocycles. The molecule has 3 nitrogen and oxygen atoms in total. The maximum atomic E-state index is 5.29. The Morgan fingerprint density at radius 1 is 1.16 bits per heavy atom. The third kappa shape index (κ3) is 4.16. The number of aryl methyl sites for hydroxylation is 1. The van der Waals surface area contributed by atoms with Crippen LogP contribution < -0.4 is 5.32 Å². The lowest BCUT2D eigenvalue weighted by molar-refractivity contribution is 0.166. The van der Waals surface area contributed by atoms with Crippen LogP contribution in [0.3, 0.4) is 0 Å². The molecule has 0 aliphatic carbocycles. The summed E-state index contributed by atoms with van der Waals surface area (Å²) in [6.45, 7) is 3.44. The highest BCUT2D eigenvalue weighted by Gasteiger charge is 2.10. The summed E-state index contributed by atoms with van der Waals surface area (Å²) in [6, 6.07) is 14.7. The van der Waals surface area contributed by atoms with Gasteiger partial charge in [-0.2, -0.15) is 0 Å². The van der Waals surface area contributed by atoms with Gasteiger partial charge in [-0.3, -0.25) is 4.98 Å². The molecule has 2 rings (SSSR count). The van der Waals surface area contributed by atoms with E-state index in [4.69, 9.17) is 4.74 Å². The number of nitrogens with zero attached hydrogens (tertiary/aromatic N) is 1. The van der Waals surface area contributed by atoms with Crippen molar-refractivity contribution in [2.24, 2.45) is 0 Å². The van der Waals surface area contributed by atoms with Crippen molar-refractivity contribution in [3.63, 3.8) is 0 Å². The summed E-state index contributed by atoms with van der Waals surface area (Å²) in [5.74, 6) is 0. The fourth-order valence-electron chi connectivity index (χ4n) is 1.97. The Morgan fingerprint density at radius 2 is 1.95 bits per heavy atom. The zero-order chi connectivity index (χ0) is 13.5. The van der Waals surface area contributed by atoms with Crippen LogP contribution in [0.1, 0.15) is 22.9 Å². The van der Waals surface area contributed by atoms with Crippen LogP contribution in [0.2, 0.25) is 0 Å². The van der Waals surface area contributed by atoms with Gasteiger partial charge in [-0.15, -0.1) is 0 Å². The third-order valence-corrected chi connectivity index (χ3v) is 3.06. The van der Waals surface area contributed by atoms with Gasteiger partial charge in [-0.25, -0.2) is 0 Å². The van der Waals surface area contributed by atoms with Gasteiger partial charge in [0.2, 0.25) is 0 Å². The average molecular weight is 256 g/mol. The van der Waals surface area contributed by atoms with Gasteiger partial charge in [0.05, 0.1) is 12.6 Å². The van der Waals surface area contributed by atoms with Crippen molar-refractivity contribution in [3.05, 3.63) is 65.5 Å². The van der Waals surface area contributed by atoms with Crippen LogP contribution in [-0.4, -0.2) is 18.7 Å². The minimum absolute atomic E-state index is 0.201. The lowest BCUT2D eigenvalue weighted by Crippen LogP contribution is -2.24. The fraction of sp³-hybridized carbons (Fsp3) is 0.312. The van der Waals surface area contributed by atoms with Gasteiger partial charge < -0.3 is 10.1 Å². The monoisotopic (exact) mass is 256 g/mol. The van der Waals surface area contributed by atoms with Crippen molar-refractivity contribution < 1.29 is 4.74 Å². The number of ether oxygens (including phenoxy) is 1. The van der Waals surface area contributed by atoms with Gasteiger partial charge >= 0.3 is 0 Å². The Balaban J connectivity index is 1.99. The molecule has 0 saturated carbocycles. The molecule has 19 heavy (non-hydrogen) atoms. The van der Waals surface area contributed by atoms with Crippen molar-refractivity contribution in [2.75, 3.05) is 13.7 Å². The summed E-state index contributed by atoms with van der Waals surface area (Å²) in [6.07, 6.45) is 1.91. The van der Waals surface area contributed by atoms with E-state index in [0.29, 0.717) is 6.61 Å². The largest absolute Gasteiger partial charge is 0.383 e. The summed E-state index contributed by atoms with van der Waals surface area (Å²) in [7, 11) is 1.73. The Morgan fingerprint density at radius 3 is 2.58 bits per heavy atom. The van der Waals surface area contributed by atoms with Crippen molar-refractivity contribution in [2.45, 2.75) is 19.5 Å². The van der Waals surface area contributed by atoms with Gasteiger partial charge in [0.25, 0.3) is 0 Å². The predicted octanol–water partition coefficient (Wildman–Crippen LogP) is 2.87. The van der Waals surface area contributed by atoms with Crippen LogP contribution in [-0.2, 0) is 11.3 Å². The highest BCUT2D eigenvalue weighted by Crippen LogP contribution is 2.13. The molecular weight excluding hydrogens is 236 g/mol. The maximum Gasteiger partial charge on any atom is 0.0657 e. The fourth-order valence-corrected chi connectivity index (χ4v) is 1.97. The number of nitrogens with one attached hydrogen (secondary N) is 1. The Labute approximate surface area is 114 Å². The maximum absolute atomic E-state index is 5.29. The normalized spacial score (nSPS) is 12.3. The van der Waals surface area contributed by atoms with Gasteiger partial charge in [0.15, 0.2) is 0 Å². The summed E-state index contributed by atoms with van der Waals surface area (Å²) >= 11 is 0. The van der Waals surface area contributed by atoms with Crippen LogP contribution in [0.5, 0.6) is 0 Å². The van der Waals surface area contributed by atoms with Crippen molar-refractivity contribution in [1.29, 1.82) is 0 Å². The quantitative estimate of drug-likeness (QED) is 0.863. The SMILES string of the molecule is COCC(NCc1ccc(C)nc1)c1ccccc1. The van der Waals surface area contributed by atoms with E-state index in [0.717, 1.165) is 12.2 Å². The molecule has 3 heteroatoms.